The number of nitrogens with one attached hydrogen (secondary N) is 2. The van der Waals surface area contributed by atoms with Crippen LogP contribution in [0.1, 0.15) is 51.1 Å². The highest BCUT2D eigenvalue weighted by Gasteiger charge is 2.29. The van der Waals surface area contributed by atoms with Gasteiger partial charge in [0.25, 0.3) is 5.91 Å². The molecule has 168 valence electrons. The van der Waals surface area contributed by atoms with Gasteiger partial charge in [-0.15, -0.1) is 0 Å². The number of hydrogen-bond donors (Lipinski definition) is 3. The first-order valence-electron chi connectivity index (χ1n) is 10.7. The van der Waals surface area contributed by atoms with Gasteiger partial charge in [0.1, 0.15) is 17.1 Å². The summed E-state index contributed by atoms with van der Waals surface area (Å²) in [6, 6.07) is 12.2. The Bertz CT molecular complexity index is 1580. The lowest BCUT2D eigenvalue weighted by molar-refractivity contribution is -0.120. The molecule has 0 saturated carbocycles. The van der Waals surface area contributed by atoms with Gasteiger partial charge in [-0.25, -0.2) is 9.97 Å². The first-order valence-corrected chi connectivity index (χ1v) is 10.7. The number of allylic oxidation sites excluding steroid dienone is 2. The van der Waals surface area contributed by atoms with Crippen LogP contribution in [0.25, 0.3) is 33.2 Å². The van der Waals surface area contributed by atoms with Crippen molar-refractivity contribution >= 4 is 45.2 Å². The van der Waals surface area contributed by atoms with Crippen LogP contribution in [0.5, 0.6) is 0 Å². The fourth-order valence-corrected chi connectivity index (χ4v) is 4.05. The zero-order valence-corrected chi connectivity index (χ0v) is 18.1. The maximum absolute atomic E-state index is 13.1. The van der Waals surface area contributed by atoms with E-state index in [1.165, 1.54) is 6.07 Å². The summed E-state index contributed by atoms with van der Waals surface area (Å²) in [6.45, 7) is 1.84. The quantitative estimate of drug-likeness (QED) is 0.423. The highest BCUT2D eigenvalue weighted by molar-refractivity contribution is 6.24. The second-order valence-electron chi connectivity index (χ2n) is 7.96. The monoisotopic (exact) mass is 453 g/mol. The molecule has 0 aliphatic heterocycles. The first-order chi connectivity index (χ1) is 16.4. The third kappa shape index (κ3) is 3.43. The van der Waals surface area contributed by atoms with Crippen LogP contribution in [0.15, 0.2) is 54.2 Å². The number of H-pyrrole nitrogens is 1. The molecule has 2 amide bonds. The standard InChI is InChI=1S/C25H19N5O4/c1-2-5-20(32)27-17-11-19(31)13-8-9-16(29-22(13)24(17)33)23-21-14(10-18(30-23)25(26)34)12-6-3-4-7-15(12)28-21/h3-4,6-11,28H,2,5H2,1H3,(H2,26,34)(H,27,32). The molecule has 3 aromatic heterocycles. The molecule has 0 unspecified atom stereocenters. The first kappa shape index (κ1) is 21.2. The number of aromatic nitrogens is 3. The molecule has 0 atom stereocenters. The van der Waals surface area contributed by atoms with Crippen LogP contribution in [0.4, 0.5) is 0 Å². The number of carbonyl (C=O) groups is 4. The number of carbonyl (C=O) groups excluding carboxylic acids is 4. The Morgan fingerprint density at radius 1 is 1.03 bits per heavy atom. The molecule has 34 heavy (non-hydrogen) atoms. The maximum atomic E-state index is 13.1. The number of para-hydroxylation sites is 1. The second-order valence-corrected chi connectivity index (χ2v) is 7.96. The average Bonchev–Trinajstić information content (AvgIpc) is 3.20. The third-order valence-electron chi connectivity index (χ3n) is 5.64. The maximum Gasteiger partial charge on any atom is 0.267 e. The fourth-order valence-electron chi connectivity index (χ4n) is 4.05. The average molecular weight is 453 g/mol. The van der Waals surface area contributed by atoms with Gasteiger partial charge in [-0.05, 0) is 30.7 Å². The number of amides is 2. The summed E-state index contributed by atoms with van der Waals surface area (Å²) >= 11 is 0. The van der Waals surface area contributed by atoms with Crippen molar-refractivity contribution in [3.05, 3.63) is 71.2 Å². The van der Waals surface area contributed by atoms with Crippen LogP contribution in [0.3, 0.4) is 0 Å². The van der Waals surface area contributed by atoms with Crippen LogP contribution in [0, 0.1) is 0 Å². The summed E-state index contributed by atoms with van der Waals surface area (Å²) in [5.41, 5.74) is 7.52. The van der Waals surface area contributed by atoms with Gasteiger partial charge in [0.05, 0.1) is 22.5 Å². The molecule has 9 heteroatoms. The molecule has 1 aliphatic rings. The number of aromatic amines is 1. The van der Waals surface area contributed by atoms with E-state index in [1.807, 2.05) is 31.2 Å². The number of hydrogen-bond acceptors (Lipinski definition) is 6. The van der Waals surface area contributed by atoms with Crippen molar-refractivity contribution in [3.63, 3.8) is 0 Å². The van der Waals surface area contributed by atoms with E-state index in [-0.39, 0.29) is 40.7 Å². The number of nitrogens with zero attached hydrogens (tertiary/aromatic N) is 2. The number of pyridine rings is 2. The van der Waals surface area contributed by atoms with Crippen LogP contribution in [-0.4, -0.2) is 38.3 Å². The van der Waals surface area contributed by atoms with E-state index in [9.17, 15) is 19.2 Å². The van der Waals surface area contributed by atoms with E-state index in [0.29, 0.717) is 17.6 Å². The Labute approximate surface area is 193 Å². The van der Waals surface area contributed by atoms with Crippen LogP contribution < -0.4 is 11.1 Å². The van der Waals surface area contributed by atoms with Gasteiger partial charge in [0.15, 0.2) is 5.78 Å². The summed E-state index contributed by atoms with van der Waals surface area (Å²) < 4.78 is 0. The van der Waals surface area contributed by atoms with Gasteiger partial charge in [0, 0.05) is 28.8 Å². The molecule has 1 aliphatic carbocycles. The number of benzene rings is 1. The molecule has 4 N–H and O–H groups in total. The Morgan fingerprint density at radius 2 is 1.82 bits per heavy atom. The Hall–Kier alpha value is -4.66. The van der Waals surface area contributed by atoms with Crippen molar-refractivity contribution in [1.29, 1.82) is 0 Å². The van der Waals surface area contributed by atoms with Crippen molar-refractivity contribution in [2.75, 3.05) is 0 Å². The summed E-state index contributed by atoms with van der Waals surface area (Å²) in [7, 11) is 0. The minimum atomic E-state index is -0.707. The molecule has 0 spiro atoms. The molecule has 1 aromatic carbocycles. The van der Waals surface area contributed by atoms with E-state index in [4.69, 9.17) is 5.73 Å². The number of nitrogens with two attached hydrogens (primary N) is 1. The van der Waals surface area contributed by atoms with Gasteiger partial charge in [-0.1, -0.05) is 25.1 Å². The van der Waals surface area contributed by atoms with E-state index >= 15 is 0 Å². The van der Waals surface area contributed by atoms with Gasteiger partial charge in [0.2, 0.25) is 11.7 Å². The summed E-state index contributed by atoms with van der Waals surface area (Å²) in [5, 5.41) is 4.10. The van der Waals surface area contributed by atoms with Gasteiger partial charge in [-0.3, -0.25) is 19.2 Å². The van der Waals surface area contributed by atoms with E-state index in [2.05, 4.69) is 20.3 Å². The van der Waals surface area contributed by atoms with Gasteiger partial charge < -0.3 is 16.0 Å². The smallest absolute Gasteiger partial charge is 0.267 e. The lowest BCUT2D eigenvalue weighted by atomic mass is 9.96. The van der Waals surface area contributed by atoms with Crippen molar-refractivity contribution in [1.82, 2.24) is 20.3 Å². The molecule has 0 bridgehead atoms. The zero-order chi connectivity index (χ0) is 24.0. The van der Waals surface area contributed by atoms with Crippen LogP contribution in [-0.2, 0) is 4.79 Å². The normalized spacial score (nSPS) is 13.1. The summed E-state index contributed by atoms with van der Waals surface area (Å²) in [4.78, 5) is 61.8. The highest BCUT2D eigenvalue weighted by atomic mass is 16.2. The third-order valence-corrected chi connectivity index (χ3v) is 5.64. The van der Waals surface area contributed by atoms with Gasteiger partial charge in [-0.2, -0.15) is 0 Å². The Balaban J connectivity index is 1.67. The number of primary amides is 1. The predicted molar refractivity (Wildman–Crippen MR) is 125 cm³/mol. The number of fused-ring (bicyclic) bond motifs is 4. The molecule has 0 saturated heterocycles. The Kier molecular flexibility index (Phi) is 5.01. The van der Waals surface area contributed by atoms with Crippen LogP contribution in [0.2, 0.25) is 0 Å². The largest absolute Gasteiger partial charge is 0.364 e. The predicted octanol–water partition coefficient (Wildman–Crippen LogP) is 3.06. The van der Waals surface area contributed by atoms with Crippen LogP contribution >= 0.6 is 0 Å². The lowest BCUT2D eigenvalue weighted by Gasteiger charge is -2.16. The van der Waals surface area contributed by atoms with E-state index in [0.717, 1.165) is 22.4 Å². The molecule has 0 radical (unpaired) electrons. The van der Waals surface area contributed by atoms with Crippen molar-refractivity contribution in [2.45, 2.75) is 19.8 Å². The topological polar surface area (TPSA) is 148 Å². The molecular weight excluding hydrogens is 434 g/mol. The minimum absolute atomic E-state index is 0.0431. The summed E-state index contributed by atoms with van der Waals surface area (Å²) in [6.07, 6.45) is 1.94. The summed E-state index contributed by atoms with van der Waals surface area (Å²) in [5.74, 6) is -2.07. The molecule has 0 fully saturated rings. The molecule has 4 aromatic rings. The zero-order valence-electron chi connectivity index (χ0n) is 18.1. The SMILES string of the molecule is CCCC(=O)NC1=CC(=O)c2ccc(-c3nc(C(N)=O)cc4c3[nH]c3ccccc34)nc2C1=O. The fraction of sp³-hybridized carbons (Fsp3) is 0.120. The van der Waals surface area contributed by atoms with Crippen molar-refractivity contribution < 1.29 is 19.2 Å². The number of Topliss-reactive ketones (excluding diaryl/α,β-unsaturated/α-hetero) is 1. The second kappa shape index (κ2) is 8.04. The van der Waals surface area contributed by atoms with Crippen molar-refractivity contribution in [2.24, 2.45) is 5.73 Å². The lowest BCUT2D eigenvalue weighted by Crippen LogP contribution is -2.31. The number of rotatable bonds is 5. The van der Waals surface area contributed by atoms with Crippen molar-refractivity contribution in [3.8, 4) is 11.4 Å². The number of ketones is 2. The van der Waals surface area contributed by atoms with E-state index in [1.54, 1.807) is 12.1 Å². The minimum Gasteiger partial charge on any atom is -0.364 e. The van der Waals surface area contributed by atoms with Gasteiger partial charge >= 0.3 is 0 Å². The molecular formula is C25H19N5O4. The van der Waals surface area contributed by atoms with E-state index < -0.39 is 17.5 Å². The molecule has 9 nitrogen and oxygen atoms in total. The highest BCUT2D eigenvalue weighted by Crippen LogP contribution is 2.33. The Morgan fingerprint density at radius 3 is 2.59 bits per heavy atom. The molecule has 5 rings (SSSR count). The molecule has 3 heterocycles.